The van der Waals surface area contributed by atoms with Gasteiger partial charge in [-0.1, -0.05) is 18.1 Å². The van der Waals surface area contributed by atoms with E-state index in [1.165, 1.54) is 28.2 Å². The topological polar surface area (TPSA) is 0 Å². The van der Waals surface area contributed by atoms with Crippen molar-refractivity contribution in [1.29, 1.82) is 0 Å². The molecule has 1 rings (SSSR count). The third-order valence-corrected chi connectivity index (χ3v) is 2.81. The summed E-state index contributed by atoms with van der Waals surface area (Å²) in [6, 6.07) is 0. The van der Waals surface area contributed by atoms with Crippen molar-refractivity contribution < 1.29 is 12.3 Å². The van der Waals surface area contributed by atoms with Gasteiger partial charge in [0.25, 0.3) is 0 Å². The molecule has 14 heavy (non-hydrogen) atoms. The summed E-state index contributed by atoms with van der Waals surface area (Å²) < 4.78 is 0. The first-order valence-corrected chi connectivity index (χ1v) is 10.0. The first-order chi connectivity index (χ1) is 6.29. The molecule has 0 amide bonds. The zero-order valence-corrected chi connectivity index (χ0v) is 12.7. The van der Waals surface area contributed by atoms with Crippen LogP contribution in [0.25, 0.3) is 0 Å². The number of hydrogen-bond acceptors (Lipinski definition) is 0. The predicted octanol–water partition coefficient (Wildman–Crippen LogP) is 5.33. The molecule has 0 aromatic heterocycles. The maximum absolute atomic E-state index is 4.95. The Morgan fingerprint density at radius 3 is 0.929 bits per heavy atom. The predicted molar refractivity (Wildman–Crippen MR) is 63.2 cm³/mol. The minimum absolute atomic E-state index is 1.47. The Balaban J connectivity index is 0.000000364. The molecule has 0 nitrogen and oxygen atoms in total. The van der Waals surface area contributed by atoms with Crippen molar-refractivity contribution >= 4 is 29.5 Å². The second-order valence-corrected chi connectivity index (χ2v) is 10.2. The van der Waals surface area contributed by atoms with E-state index in [1.807, 2.05) is 0 Å². The van der Waals surface area contributed by atoms with Crippen molar-refractivity contribution in [3.8, 4) is 0 Å². The fourth-order valence-electron chi connectivity index (χ4n) is 1.41. The van der Waals surface area contributed by atoms with Crippen LogP contribution in [0.15, 0.2) is 22.3 Å². The molecule has 0 heterocycles. The SMILES string of the molecule is C[C]1C(C)=C(C)C(C)=C1C.[Cl][V]([Cl])[Cl]. The van der Waals surface area contributed by atoms with Gasteiger partial charge in [0.1, 0.15) is 0 Å². The zero-order chi connectivity index (χ0) is 11.5. The van der Waals surface area contributed by atoms with E-state index in [-0.39, 0.29) is 0 Å². The molecule has 0 spiro atoms. The fraction of sp³-hybridized carbons (Fsp3) is 0.500. The van der Waals surface area contributed by atoms with Gasteiger partial charge in [-0.25, -0.2) is 0 Å². The molecule has 4 heteroatoms. The summed E-state index contributed by atoms with van der Waals surface area (Å²) in [6.07, 6.45) is 0. The van der Waals surface area contributed by atoms with Crippen LogP contribution in [0.2, 0.25) is 0 Å². The number of allylic oxidation sites excluding steroid dienone is 4. The Morgan fingerprint density at radius 1 is 0.643 bits per heavy atom. The summed E-state index contributed by atoms with van der Waals surface area (Å²) in [5.74, 6) is 1.47. The second-order valence-electron chi connectivity index (χ2n) is 3.32. The monoisotopic (exact) mass is 291 g/mol. The van der Waals surface area contributed by atoms with Crippen molar-refractivity contribution in [2.45, 2.75) is 34.6 Å². The molecule has 0 N–H and O–H groups in total. The maximum atomic E-state index is 4.95. The van der Waals surface area contributed by atoms with E-state index < -0.39 is 12.3 Å². The van der Waals surface area contributed by atoms with Crippen LogP contribution in [0.4, 0.5) is 0 Å². The van der Waals surface area contributed by atoms with E-state index in [4.69, 9.17) is 29.5 Å². The van der Waals surface area contributed by atoms with Gasteiger partial charge in [-0.05, 0) is 38.8 Å². The second kappa shape index (κ2) is 6.50. The molecule has 0 unspecified atom stereocenters. The summed E-state index contributed by atoms with van der Waals surface area (Å²) >= 11 is -1.77. The fourth-order valence-corrected chi connectivity index (χ4v) is 1.41. The van der Waals surface area contributed by atoms with Crippen LogP contribution in [0, 0.1) is 5.92 Å². The van der Waals surface area contributed by atoms with Crippen molar-refractivity contribution in [2.75, 3.05) is 0 Å². The molecular weight excluding hydrogens is 277 g/mol. The Kier molecular flexibility index (Phi) is 6.94. The molecule has 0 atom stereocenters. The van der Waals surface area contributed by atoms with E-state index in [0.717, 1.165) is 0 Å². The van der Waals surface area contributed by atoms with Crippen LogP contribution in [0.3, 0.4) is 0 Å². The summed E-state index contributed by atoms with van der Waals surface area (Å²) in [5.41, 5.74) is 5.87. The first-order valence-electron chi connectivity index (χ1n) is 4.26. The van der Waals surface area contributed by atoms with Gasteiger partial charge in [0.15, 0.2) is 0 Å². The molecule has 0 bridgehead atoms. The Bertz CT molecular complexity index is 240. The Labute approximate surface area is 104 Å². The number of halogens is 3. The molecule has 0 saturated carbocycles. The van der Waals surface area contributed by atoms with E-state index in [0.29, 0.717) is 0 Å². The Morgan fingerprint density at radius 2 is 0.857 bits per heavy atom. The van der Waals surface area contributed by atoms with Crippen molar-refractivity contribution in [2.24, 2.45) is 0 Å². The van der Waals surface area contributed by atoms with Crippen LogP contribution in [-0.2, 0) is 12.3 Å². The molecule has 1 radical (unpaired) electrons. The van der Waals surface area contributed by atoms with Gasteiger partial charge >= 0.3 is 41.8 Å². The third-order valence-electron chi connectivity index (χ3n) is 2.81. The first kappa shape index (κ1) is 14.9. The number of hydrogen-bond donors (Lipinski definition) is 0. The molecule has 0 saturated heterocycles. The van der Waals surface area contributed by atoms with E-state index >= 15 is 0 Å². The molecule has 0 aromatic rings. The van der Waals surface area contributed by atoms with Gasteiger partial charge in [-0.15, -0.1) is 0 Å². The normalized spacial score (nSPS) is 17.8. The standard InChI is InChI=1S/C10H15.3ClH.V/c1-6-7(2)9(4)10(5)8(6)3;;;;/h1-5H3;3*1H;/q;;;;+3/p-3. The Hall–Kier alpha value is 0.934. The van der Waals surface area contributed by atoms with Crippen LogP contribution in [0.1, 0.15) is 34.6 Å². The molecule has 0 fully saturated rings. The van der Waals surface area contributed by atoms with Crippen molar-refractivity contribution in [3.63, 3.8) is 0 Å². The molecule has 0 aromatic carbocycles. The van der Waals surface area contributed by atoms with Crippen molar-refractivity contribution in [3.05, 3.63) is 28.2 Å². The minimum atomic E-state index is -1.77. The molecule has 1 aliphatic carbocycles. The zero-order valence-electron chi connectivity index (χ0n) is 9.08. The van der Waals surface area contributed by atoms with Crippen molar-refractivity contribution in [1.82, 2.24) is 0 Å². The van der Waals surface area contributed by atoms with Crippen LogP contribution in [-0.4, -0.2) is 0 Å². The van der Waals surface area contributed by atoms with E-state index in [9.17, 15) is 0 Å². The summed E-state index contributed by atoms with van der Waals surface area (Å²) in [7, 11) is 14.9. The van der Waals surface area contributed by atoms with Gasteiger partial charge < -0.3 is 0 Å². The van der Waals surface area contributed by atoms with Gasteiger partial charge in [-0.2, -0.15) is 0 Å². The number of rotatable bonds is 0. The molecule has 81 valence electrons. The van der Waals surface area contributed by atoms with E-state index in [1.54, 1.807) is 0 Å². The molecular formula is C10H15Cl3V. The summed E-state index contributed by atoms with van der Waals surface area (Å²) in [6.45, 7) is 11.0. The average molecular weight is 293 g/mol. The van der Waals surface area contributed by atoms with Gasteiger partial charge in [0.05, 0.1) is 0 Å². The van der Waals surface area contributed by atoms with Crippen LogP contribution in [0.5, 0.6) is 0 Å². The van der Waals surface area contributed by atoms with Gasteiger partial charge in [0, 0.05) is 5.92 Å². The van der Waals surface area contributed by atoms with Crippen LogP contribution < -0.4 is 0 Å². The molecule has 1 aliphatic rings. The quantitative estimate of drug-likeness (QED) is 0.566. The summed E-state index contributed by atoms with van der Waals surface area (Å²) in [4.78, 5) is 0. The van der Waals surface area contributed by atoms with E-state index in [2.05, 4.69) is 34.6 Å². The summed E-state index contributed by atoms with van der Waals surface area (Å²) in [5, 5.41) is 0. The average Bonchev–Trinajstić information content (AvgIpc) is 2.23. The third kappa shape index (κ3) is 4.20. The van der Waals surface area contributed by atoms with Gasteiger partial charge in [-0.3, -0.25) is 0 Å². The van der Waals surface area contributed by atoms with Gasteiger partial charge in [0.2, 0.25) is 0 Å². The van der Waals surface area contributed by atoms with Crippen LogP contribution >= 0.6 is 29.5 Å². The molecule has 0 aliphatic heterocycles.